The Hall–Kier alpha value is -0.860. The molecule has 2 nitrogen and oxygen atoms in total. The highest BCUT2D eigenvalue weighted by Gasteiger charge is 2.49. The summed E-state index contributed by atoms with van der Waals surface area (Å²) in [5.41, 5.74) is 1.58. The predicted molar refractivity (Wildman–Crippen MR) is 84.8 cm³/mol. The molecule has 20 heavy (non-hydrogen) atoms. The maximum Gasteiger partial charge on any atom is 0.0656 e. The van der Waals surface area contributed by atoms with Crippen LogP contribution in [0.15, 0.2) is 30.3 Å². The van der Waals surface area contributed by atoms with Crippen molar-refractivity contribution in [2.24, 2.45) is 11.3 Å². The van der Waals surface area contributed by atoms with Gasteiger partial charge in [-0.1, -0.05) is 58.0 Å². The lowest BCUT2D eigenvalue weighted by molar-refractivity contribution is -0.125. The molecular weight excluding hydrogens is 246 g/mol. The van der Waals surface area contributed by atoms with Gasteiger partial charge in [0.05, 0.1) is 6.10 Å². The summed E-state index contributed by atoms with van der Waals surface area (Å²) in [5, 5.41) is 3.76. The van der Waals surface area contributed by atoms with Crippen molar-refractivity contribution in [3.05, 3.63) is 35.9 Å². The number of hydrogen-bond acceptors (Lipinski definition) is 2. The molecular formula is C18H29NO. The number of rotatable bonds is 6. The smallest absolute Gasteiger partial charge is 0.0656 e. The monoisotopic (exact) mass is 275 g/mol. The Bertz CT molecular complexity index is 413. The van der Waals surface area contributed by atoms with Gasteiger partial charge >= 0.3 is 0 Å². The third-order valence-corrected chi connectivity index (χ3v) is 4.56. The Kier molecular flexibility index (Phi) is 4.87. The molecule has 1 aliphatic carbocycles. The largest absolute Gasteiger partial charge is 0.377 e. The normalized spacial score (nSPS) is 26.3. The van der Waals surface area contributed by atoms with E-state index in [9.17, 15) is 0 Å². The summed E-state index contributed by atoms with van der Waals surface area (Å²) in [6.45, 7) is 12.2. The summed E-state index contributed by atoms with van der Waals surface area (Å²) in [7, 11) is 0. The highest BCUT2D eigenvalue weighted by molar-refractivity contribution is 5.19. The Morgan fingerprint density at radius 3 is 2.40 bits per heavy atom. The quantitative estimate of drug-likeness (QED) is 0.841. The van der Waals surface area contributed by atoms with Gasteiger partial charge in [0, 0.05) is 24.1 Å². The average molecular weight is 275 g/mol. The summed E-state index contributed by atoms with van der Waals surface area (Å²) < 4.78 is 6.03. The summed E-state index contributed by atoms with van der Waals surface area (Å²) >= 11 is 0. The first kappa shape index (κ1) is 15.5. The number of nitrogens with one attached hydrogen (secondary N) is 1. The summed E-state index contributed by atoms with van der Waals surface area (Å²) in [4.78, 5) is 0. The average Bonchev–Trinajstić information content (AvgIpc) is 2.42. The molecule has 1 saturated carbocycles. The van der Waals surface area contributed by atoms with E-state index in [0.29, 0.717) is 24.1 Å². The Morgan fingerprint density at radius 2 is 1.85 bits per heavy atom. The molecule has 0 saturated heterocycles. The molecule has 0 amide bonds. The van der Waals surface area contributed by atoms with E-state index >= 15 is 0 Å². The molecule has 2 heteroatoms. The zero-order valence-corrected chi connectivity index (χ0v) is 13.5. The SMILES string of the molecule is CC(C)COC1CC(N[C@H](C)c2ccccc2)C1(C)C. The van der Waals surface area contributed by atoms with Gasteiger partial charge in [-0.3, -0.25) is 0 Å². The van der Waals surface area contributed by atoms with Crippen LogP contribution in [0.2, 0.25) is 0 Å². The van der Waals surface area contributed by atoms with Crippen molar-refractivity contribution in [1.29, 1.82) is 0 Å². The molecule has 2 rings (SSSR count). The lowest BCUT2D eigenvalue weighted by Crippen LogP contribution is -2.61. The molecule has 1 aromatic carbocycles. The van der Waals surface area contributed by atoms with E-state index in [2.05, 4.69) is 70.3 Å². The van der Waals surface area contributed by atoms with Gasteiger partial charge in [-0.2, -0.15) is 0 Å². The zero-order valence-electron chi connectivity index (χ0n) is 13.5. The van der Waals surface area contributed by atoms with Crippen LogP contribution in [-0.4, -0.2) is 18.8 Å². The maximum atomic E-state index is 6.03. The second kappa shape index (κ2) is 6.28. The van der Waals surface area contributed by atoms with Gasteiger partial charge in [0.15, 0.2) is 0 Å². The van der Waals surface area contributed by atoms with E-state index in [1.54, 1.807) is 0 Å². The fourth-order valence-corrected chi connectivity index (χ4v) is 2.90. The van der Waals surface area contributed by atoms with Crippen molar-refractivity contribution in [2.75, 3.05) is 6.61 Å². The number of hydrogen-bond donors (Lipinski definition) is 1. The molecule has 112 valence electrons. The van der Waals surface area contributed by atoms with Crippen LogP contribution in [0.25, 0.3) is 0 Å². The van der Waals surface area contributed by atoms with Crippen LogP contribution in [0.5, 0.6) is 0 Å². The molecule has 1 N–H and O–H groups in total. The first-order chi connectivity index (χ1) is 9.41. The highest BCUT2D eigenvalue weighted by Crippen LogP contribution is 2.43. The standard InChI is InChI=1S/C18H29NO/c1-13(2)12-20-17-11-16(18(17,4)5)19-14(3)15-9-7-6-8-10-15/h6-10,13-14,16-17,19H,11-12H2,1-5H3/t14-,16?,17?/m1/s1. The van der Waals surface area contributed by atoms with Crippen molar-refractivity contribution in [2.45, 2.75) is 59.2 Å². The lowest BCUT2D eigenvalue weighted by atomic mass is 9.64. The topological polar surface area (TPSA) is 21.3 Å². The third-order valence-electron chi connectivity index (χ3n) is 4.56. The van der Waals surface area contributed by atoms with Crippen molar-refractivity contribution in [3.63, 3.8) is 0 Å². The molecule has 0 aromatic heterocycles. The molecule has 0 aliphatic heterocycles. The van der Waals surface area contributed by atoms with Crippen LogP contribution in [0.1, 0.15) is 52.6 Å². The first-order valence-corrected chi connectivity index (χ1v) is 7.84. The van der Waals surface area contributed by atoms with Crippen molar-refractivity contribution in [1.82, 2.24) is 5.32 Å². The van der Waals surface area contributed by atoms with Gasteiger partial charge < -0.3 is 10.1 Å². The Morgan fingerprint density at radius 1 is 1.20 bits per heavy atom. The van der Waals surface area contributed by atoms with Gasteiger partial charge in [0.1, 0.15) is 0 Å². The third kappa shape index (κ3) is 3.42. The van der Waals surface area contributed by atoms with E-state index in [-0.39, 0.29) is 5.41 Å². The fourth-order valence-electron chi connectivity index (χ4n) is 2.90. The maximum absolute atomic E-state index is 6.03. The second-order valence-corrected chi connectivity index (χ2v) is 7.12. The van der Waals surface area contributed by atoms with Crippen LogP contribution in [0.4, 0.5) is 0 Å². The summed E-state index contributed by atoms with van der Waals surface area (Å²) in [6, 6.07) is 11.6. The first-order valence-electron chi connectivity index (χ1n) is 7.84. The lowest BCUT2D eigenvalue weighted by Gasteiger charge is -2.53. The fraction of sp³-hybridized carbons (Fsp3) is 0.667. The predicted octanol–water partition coefficient (Wildman–Crippen LogP) is 4.18. The van der Waals surface area contributed by atoms with Crippen molar-refractivity contribution >= 4 is 0 Å². The van der Waals surface area contributed by atoms with Crippen LogP contribution < -0.4 is 5.32 Å². The van der Waals surface area contributed by atoms with Crippen molar-refractivity contribution < 1.29 is 4.74 Å². The minimum atomic E-state index is 0.220. The highest BCUT2D eigenvalue weighted by atomic mass is 16.5. The molecule has 2 unspecified atom stereocenters. The van der Waals surface area contributed by atoms with E-state index in [4.69, 9.17) is 4.74 Å². The van der Waals surface area contributed by atoms with Gasteiger partial charge in [0.2, 0.25) is 0 Å². The Balaban J connectivity index is 1.86. The molecule has 1 fully saturated rings. The Labute approximate surface area is 123 Å². The minimum Gasteiger partial charge on any atom is -0.377 e. The van der Waals surface area contributed by atoms with E-state index in [0.717, 1.165) is 13.0 Å². The summed E-state index contributed by atoms with van der Waals surface area (Å²) in [5.74, 6) is 0.612. The van der Waals surface area contributed by atoms with E-state index in [1.165, 1.54) is 5.56 Å². The van der Waals surface area contributed by atoms with Gasteiger partial charge in [-0.25, -0.2) is 0 Å². The van der Waals surface area contributed by atoms with E-state index in [1.807, 2.05) is 0 Å². The van der Waals surface area contributed by atoms with Gasteiger partial charge in [0.25, 0.3) is 0 Å². The van der Waals surface area contributed by atoms with Crippen LogP contribution in [0, 0.1) is 11.3 Å². The zero-order chi connectivity index (χ0) is 14.8. The van der Waals surface area contributed by atoms with Crippen LogP contribution in [0.3, 0.4) is 0 Å². The molecule has 0 bridgehead atoms. The molecule has 1 aromatic rings. The number of benzene rings is 1. The second-order valence-electron chi connectivity index (χ2n) is 7.12. The molecule has 0 spiro atoms. The summed E-state index contributed by atoms with van der Waals surface area (Å²) in [6.07, 6.45) is 1.52. The molecule has 1 aliphatic rings. The van der Waals surface area contributed by atoms with Crippen LogP contribution >= 0.6 is 0 Å². The van der Waals surface area contributed by atoms with Crippen molar-refractivity contribution in [3.8, 4) is 0 Å². The molecule has 0 radical (unpaired) electrons. The van der Waals surface area contributed by atoms with Gasteiger partial charge in [-0.05, 0) is 24.8 Å². The van der Waals surface area contributed by atoms with Crippen LogP contribution in [-0.2, 0) is 4.74 Å². The van der Waals surface area contributed by atoms with Gasteiger partial charge in [-0.15, -0.1) is 0 Å². The minimum absolute atomic E-state index is 0.220. The molecule has 0 heterocycles. The number of ether oxygens (including phenoxy) is 1. The molecule has 3 atom stereocenters. The van der Waals surface area contributed by atoms with E-state index < -0.39 is 0 Å².